The van der Waals surface area contributed by atoms with Crippen LogP contribution in [0.5, 0.6) is 0 Å². The Balaban J connectivity index is 1.59. The average molecular weight is 308 g/mol. The summed E-state index contributed by atoms with van der Waals surface area (Å²) in [6.07, 6.45) is 6.98. The Bertz CT molecular complexity index is 477. The molecular weight excluding hydrogens is 286 g/mol. The molecule has 114 valence electrons. The van der Waals surface area contributed by atoms with Gasteiger partial charge in [0.1, 0.15) is 0 Å². The van der Waals surface area contributed by atoms with Crippen LogP contribution in [0.2, 0.25) is 5.02 Å². The van der Waals surface area contributed by atoms with E-state index in [1.54, 1.807) is 0 Å². The Morgan fingerprint density at radius 3 is 2.57 bits per heavy atom. The first-order chi connectivity index (χ1) is 10.2. The number of hydrogen-bond acceptors (Lipinski definition) is 3. The highest BCUT2D eigenvalue weighted by atomic mass is 35.5. The SMILES string of the molecule is O=C(CCCNc1ccc(Cl)cc1)NN=C1CCCCC1. The van der Waals surface area contributed by atoms with Crippen LogP contribution in [0.15, 0.2) is 29.4 Å². The molecule has 2 N–H and O–H groups in total. The van der Waals surface area contributed by atoms with Gasteiger partial charge in [0.2, 0.25) is 5.91 Å². The van der Waals surface area contributed by atoms with Crippen molar-refractivity contribution in [2.24, 2.45) is 5.10 Å². The lowest BCUT2D eigenvalue weighted by Crippen LogP contribution is -2.21. The summed E-state index contributed by atoms with van der Waals surface area (Å²) in [6.45, 7) is 0.756. The zero-order valence-electron chi connectivity index (χ0n) is 12.2. The van der Waals surface area contributed by atoms with Gasteiger partial charge in [-0.1, -0.05) is 18.0 Å². The van der Waals surface area contributed by atoms with Gasteiger partial charge in [0.25, 0.3) is 0 Å². The van der Waals surface area contributed by atoms with Gasteiger partial charge in [-0.2, -0.15) is 5.10 Å². The lowest BCUT2D eigenvalue weighted by Gasteiger charge is -2.12. The molecule has 0 atom stereocenters. The Kier molecular flexibility index (Phi) is 6.54. The van der Waals surface area contributed by atoms with Crippen LogP contribution in [-0.2, 0) is 4.79 Å². The predicted octanol–water partition coefficient (Wildman–Crippen LogP) is 3.97. The number of rotatable bonds is 6. The fraction of sp³-hybridized carbons (Fsp3) is 0.500. The number of halogens is 1. The number of carbonyl (C=O) groups excluding carboxylic acids is 1. The van der Waals surface area contributed by atoms with Gasteiger partial charge in [-0.3, -0.25) is 4.79 Å². The largest absolute Gasteiger partial charge is 0.385 e. The molecule has 21 heavy (non-hydrogen) atoms. The van der Waals surface area contributed by atoms with Crippen molar-refractivity contribution in [2.45, 2.75) is 44.9 Å². The van der Waals surface area contributed by atoms with Crippen LogP contribution in [0.4, 0.5) is 5.69 Å². The van der Waals surface area contributed by atoms with Crippen molar-refractivity contribution in [1.82, 2.24) is 5.43 Å². The minimum Gasteiger partial charge on any atom is -0.385 e. The van der Waals surface area contributed by atoms with E-state index in [1.165, 1.54) is 19.3 Å². The molecule has 0 aromatic heterocycles. The number of hydrogen-bond donors (Lipinski definition) is 2. The monoisotopic (exact) mass is 307 g/mol. The van der Waals surface area contributed by atoms with Crippen molar-refractivity contribution in [3.05, 3.63) is 29.3 Å². The van der Waals surface area contributed by atoms with E-state index in [1.807, 2.05) is 24.3 Å². The lowest BCUT2D eigenvalue weighted by atomic mass is 9.99. The van der Waals surface area contributed by atoms with E-state index in [2.05, 4.69) is 15.8 Å². The highest BCUT2D eigenvalue weighted by Crippen LogP contribution is 2.14. The van der Waals surface area contributed by atoms with Crippen LogP contribution in [0, 0.1) is 0 Å². The van der Waals surface area contributed by atoms with Crippen molar-refractivity contribution in [2.75, 3.05) is 11.9 Å². The van der Waals surface area contributed by atoms with Crippen LogP contribution in [0.1, 0.15) is 44.9 Å². The van der Waals surface area contributed by atoms with Crippen LogP contribution in [-0.4, -0.2) is 18.2 Å². The smallest absolute Gasteiger partial charge is 0.240 e. The van der Waals surface area contributed by atoms with Crippen LogP contribution in [0.3, 0.4) is 0 Å². The molecule has 1 aliphatic rings. The van der Waals surface area contributed by atoms with Crippen molar-refractivity contribution in [1.29, 1.82) is 0 Å². The molecule has 0 spiro atoms. The summed E-state index contributed by atoms with van der Waals surface area (Å²) < 4.78 is 0. The average Bonchev–Trinajstić information content (AvgIpc) is 2.52. The molecule has 0 radical (unpaired) electrons. The summed E-state index contributed by atoms with van der Waals surface area (Å²) in [5.74, 6) is -0.00835. The van der Waals surface area contributed by atoms with Gasteiger partial charge in [0, 0.05) is 29.4 Å². The maximum Gasteiger partial charge on any atom is 0.240 e. The quantitative estimate of drug-likeness (QED) is 0.617. The van der Waals surface area contributed by atoms with E-state index < -0.39 is 0 Å². The number of nitrogens with one attached hydrogen (secondary N) is 2. The number of hydrazone groups is 1. The van der Waals surface area contributed by atoms with Crippen LogP contribution in [0.25, 0.3) is 0 Å². The summed E-state index contributed by atoms with van der Waals surface area (Å²) >= 11 is 5.82. The molecule has 1 aromatic rings. The summed E-state index contributed by atoms with van der Waals surface area (Å²) in [7, 11) is 0. The minimum absolute atomic E-state index is 0.00835. The fourth-order valence-corrected chi connectivity index (χ4v) is 2.44. The second-order valence-corrected chi connectivity index (χ2v) is 5.75. The third-order valence-corrected chi connectivity index (χ3v) is 3.78. The number of anilines is 1. The zero-order chi connectivity index (χ0) is 14.9. The minimum atomic E-state index is -0.00835. The summed E-state index contributed by atoms with van der Waals surface area (Å²) in [5, 5.41) is 8.19. The molecule has 0 saturated heterocycles. The first-order valence-corrected chi connectivity index (χ1v) is 7.95. The Morgan fingerprint density at radius 1 is 1.14 bits per heavy atom. The molecule has 0 bridgehead atoms. The fourth-order valence-electron chi connectivity index (χ4n) is 2.32. The van der Waals surface area contributed by atoms with Gasteiger partial charge in [-0.25, -0.2) is 5.43 Å². The molecule has 1 aliphatic carbocycles. The first kappa shape index (κ1) is 15.8. The third-order valence-electron chi connectivity index (χ3n) is 3.52. The Labute approximate surface area is 131 Å². The van der Waals surface area contributed by atoms with Gasteiger partial charge in [-0.05, 0) is 56.4 Å². The zero-order valence-corrected chi connectivity index (χ0v) is 13.0. The van der Waals surface area contributed by atoms with E-state index in [0.29, 0.717) is 6.42 Å². The van der Waals surface area contributed by atoms with Gasteiger partial charge in [0.15, 0.2) is 0 Å². The van der Waals surface area contributed by atoms with E-state index >= 15 is 0 Å². The normalized spacial score (nSPS) is 14.6. The molecule has 0 unspecified atom stereocenters. The van der Waals surface area contributed by atoms with E-state index in [-0.39, 0.29) is 5.91 Å². The lowest BCUT2D eigenvalue weighted by molar-refractivity contribution is -0.121. The van der Waals surface area contributed by atoms with Crippen molar-refractivity contribution in [3.8, 4) is 0 Å². The molecule has 0 heterocycles. The second kappa shape index (κ2) is 8.67. The van der Waals surface area contributed by atoms with E-state index in [0.717, 1.165) is 42.2 Å². The van der Waals surface area contributed by atoms with Crippen LogP contribution >= 0.6 is 11.6 Å². The van der Waals surface area contributed by atoms with Gasteiger partial charge >= 0.3 is 0 Å². The van der Waals surface area contributed by atoms with Crippen LogP contribution < -0.4 is 10.7 Å². The maximum absolute atomic E-state index is 11.7. The standard InChI is InChI=1S/C16H22ClN3O/c17-13-8-10-14(11-9-13)18-12-4-7-16(21)20-19-15-5-2-1-3-6-15/h8-11,18H,1-7,12H2,(H,20,21). The highest BCUT2D eigenvalue weighted by molar-refractivity contribution is 6.30. The predicted molar refractivity (Wildman–Crippen MR) is 87.8 cm³/mol. The van der Waals surface area contributed by atoms with Gasteiger partial charge in [0.05, 0.1) is 0 Å². The highest BCUT2D eigenvalue weighted by Gasteiger charge is 2.07. The molecule has 5 heteroatoms. The summed E-state index contributed by atoms with van der Waals surface area (Å²) in [6, 6.07) is 7.54. The molecule has 4 nitrogen and oxygen atoms in total. The molecule has 1 amide bonds. The van der Waals surface area contributed by atoms with E-state index in [9.17, 15) is 4.79 Å². The topological polar surface area (TPSA) is 53.5 Å². The van der Waals surface area contributed by atoms with Gasteiger partial charge in [-0.15, -0.1) is 0 Å². The van der Waals surface area contributed by atoms with E-state index in [4.69, 9.17) is 11.6 Å². The molecule has 1 aromatic carbocycles. The Morgan fingerprint density at radius 2 is 1.86 bits per heavy atom. The molecule has 0 aliphatic heterocycles. The molecule has 2 rings (SSSR count). The molecular formula is C16H22ClN3O. The van der Waals surface area contributed by atoms with Crippen molar-refractivity contribution >= 4 is 28.9 Å². The number of nitrogens with zero attached hydrogens (tertiary/aromatic N) is 1. The second-order valence-electron chi connectivity index (χ2n) is 5.31. The van der Waals surface area contributed by atoms with Gasteiger partial charge < -0.3 is 5.32 Å². The first-order valence-electron chi connectivity index (χ1n) is 7.58. The van der Waals surface area contributed by atoms with Crippen molar-refractivity contribution in [3.63, 3.8) is 0 Å². The van der Waals surface area contributed by atoms with Crippen molar-refractivity contribution < 1.29 is 4.79 Å². The summed E-state index contributed by atoms with van der Waals surface area (Å²) in [4.78, 5) is 11.7. The Hall–Kier alpha value is -1.55. The maximum atomic E-state index is 11.7. The third kappa shape index (κ3) is 6.17. The summed E-state index contributed by atoms with van der Waals surface area (Å²) in [5.41, 5.74) is 4.81. The molecule has 1 saturated carbocycles. The number of carbonyl (C=O) groups is 1. The number of amides is 1. The molecule has 1 fully saturated rings. The number of benzene rings is 1.